The molecular formula is C27H19N3O4. The van der Waals surface area contributed by atoms with Crippen LogP contribution in [0.15, 0.2) is 94.1 Å². The third-order valence-electron chi connectivity index (χ3n) is 5.48. The third-order valence-corrected chi connectivity index (χ3v) is 5.48. The summed E-state index contributed by atoms with van der Waals surface area (Å²) in [6.07, 6.45) is 0. The second-order valence-electron chi connectivity index (χ2n) is 7.83. The van der Waals surface area contributed by atoms with Gasteiger partial charge in [0.25, 0.3) is 11.8 Å². The Bertz CT molecular complexity index is 1620. The molecule has 0 saturated heterocycles. The van der Waals surface area contributed by atoms with E-state index in [0.29, 0.717) is 33.1 Å². The maximum Gasteiger partial charge on any atom is 0.349 e. The first-order valence-corrected chi connectivity index (χ1v) is 10.6. The normalized spacial score (nSPS) is 10.9. The van der Waals surface area contributed by atoms with Crippen molar-refractivity contribution in [2.45, 2.75) is 6.92 Å². The Morgan fingerprint density at radius 2 is 1.47 bits per heavy atom. The van der Waals surface area contributed by atoms with E-state index < -0.39 is 17.4 Å². The Hall–Kier alpha value is -4.78. The van der Waals surface area contributed by atoms with Crippen molar-refractivity contribution < 1.29 is 14.0 Å². The molecule has 0 aliphatic carbocycles. The second kappa shape index (κ2) is 8.63. The summed E-state index contributed by atoms with van der Waals surface area (Å²) in [6, 6.07) is 25.1. The number of carbonyl (C=O) groups excluding carboxylic acids is 2. The molecular weight excluding hydrogens is 430 g/mol. The van der Waals surface area contributed by atoms with E-state index in [9.17, 15) is 14.4 Å². The second-order valence-corrected chi connectivity index (χ2v) is 7.83. The topological polar surface area (TPSA) is 101 Å². The summed E-state index contributed by atoms with van der Waals surface area (Å²) < 4.78 is 5.20. The third kappa shape index (κ3) is 4.02. The van der Waals surface area contributed by atoms with Gasteiger partial charge in [-0.15, -0.1) is 0 Å². The Morgan fingerprint density at radius 1 is 0.794 bits per heavy atom. The Kier molecular flexibility index (Phi) is 5.35. The molecule has 0 aliphatic rings. The molecule has 0 atom stereocenters. The van der Waals surface area contributed by atoms with E-state index in [1.165, 1.54) is 6.07 Å². The lowest BCUT2D eigenvalue weighted by Crippen LogP contribution is -2.43. The lowest BCUT2D eigenvalue weighted by Gasteiger charge is -2.11. The monoisotopic (exact) mass is 449 g/mol. The highest BCUT2D eigenvalue weighted by molar-refractivity contribution is 6.08. The van der Waals surface area contributed by atoms with Crippen molar-refractivity contribution in [3.8, 4) is 11.3 Å². The molecule has 0 aliphatic heterocycles. The van der Waals surface area contributed by atoms with E-state index in [0.717, 1.165) is 11.1 Å². The molecule has 0 spiro atoms. The van der Waals surface area contributed by atoms with Crippen LogP contribution in [-0.4, -0.2) is 16.8 Å². The Morgan fingerprint density at radius 3 is 2.26 bits per heavy atom. The first-order chi connectivity index (χ1) is 16.5. The number of hydrogen-bond acceptors (Lipinski definition) is 5. The Labute approximate surface area is 194 Å². The van der Waals surface area contributed by atoms with Crippen LogP contribution in [0.2, 0.25) is 0 Å². The molecule has 5 rings (SSSR count). The molecule has 2 heterocycles. The number of rotatable bonds is 3. The van der Waals surface area contributed by atoms with Gasteiger partial charge in [0.2, 0.25) is 0 Å². The standard InChI is InChI=1S/C27H19N3O4/c1-16-10-12-17(13-11-16)23-15-20(19-7-3-4-8-22(19)28-23)25(31)29-30-26(32)21-14-18-6-2-5-9-24(18)34-27(21)33/h2-15H,1H3,(H,29,31)(H,30,32). The number of nitrogens with one attached hydrogen (secondary N) is 2. The number of nitrogens with zero attached hydrogens (tertiary/aromatic N) is 1. The van der Waals surface area contributed by atoms with E-state index in [4.69, 9.17) is 4.42 Å². The summed E-state index contributed by atoms with van der Waals surface area (Å²) in [4.78, 5) is 42.6. The van der Waals surface area contributed by atoms with Gasteiger partial charge in [0.15, 0.2) is 0 Å². The predicted octanol–water partition coefficient (Wildman–Crippen LogP) is 4.39. The fraction of sp³-hybridized carbons (Fsp3) is 0.0370. The molecule has 34 heavy (non-hydrogen) atoms. The van der Waals surface area contributed by atoms with Gasteiger partial charge < -0.3 is 4.42 Å². The highest BCUT2D eigenvalue weighted by Gasteiger charge is 2.17. The fourth-order valence-electron chi connectivity index (χ4n) is 3.70. The number of fused-ring (bicyclic) bond motifs is 2. The quantitative estimate of drug-likeness (QED) is 0.314. The number of para-hydroxylation sites is 2. The van der Waals surface area contributed by atoms with Crippen LogP contribution >= 0.6 is 0 Å². The maximum atomic E-state index is 13.1. The first-order valence-electron chi connectivity index (χ1n) is 10.6. The summed E-state index contributed by atoms with van der Waals surface area (Å²) >= 11 is 0. The molecule has 3 aromatic carbocycles. The van der Waals surface area contributed by atoms with Crippen molar-refractivity contribution in [3.05, 3.63) is 112 Å². The predicted molar refractivity (Wildman–Crippen MR) is 129 cm³/mol. The zero-order valence-corrected chi connectivity index (χ0v) is 18.2. The molecule has 0 radical (unpaired) electrons. The molecule has 0 saturated carbocycles. The molecule has 2 aromatic heterocycles. The van der Waals surface area contributed by atoms with E-state index in [1.807, 2.05) is 49.4 Å². The van der Waals surface area contributed by atoms with Crippen LogP contribution in [0.25, 0.3) is 33.1 Å². The number of aromatic nitrogens is 1. The van der Waals surface area contributed by atoms with Crippen molar-refractivity contribution in [1.29, 1.82) is 0 Å². The van der Waals surface area contributed by atoms with Crippen molar-refractivity contribution in [2.75, 3.05) is 0 Å². The van der Waals surface area contributed by atoms with Crippen LogP contribution in [0.3, 0.4) is 0 Å². The molecule has 7 heteroatoms. The average molecular weight is 449 g/mol. The van der Waals surface area contributed by atoms with Crippen LogP contribution in [0.4, 0.5) is 0 Å². The van der Waals surface area contributed by atoms with E-state index >= 15 is 0 Å². The minimum atomic E-state index is -0.790. The lowest BCUT2D eigenvalue weighted by molar-refractivity contribution is 0.0845. The molecule has 0 unspecified atom stereocenters. The molecule has 7 nitrogen and oxygen atoms in total. The number of carbonyl (C=O) groups is 2. The molecule has 166 valence electrons. The van der Waals surface area contributed by atoms with Gasteiger partial charge in [-0.25, -0.2) is 9.78 Å². The number of benzene rings is 3. The molecule has 0 bridgehead atoms. The van der Waals surface area contributed by atoms with Crippen LogP contribution in [0.5, 0.6) is 0 Å². The molecule has 2 amide bonds. The SMILES string of the molecule is Cc1ccc(-c2cc(C(=O)NNC(=O)c3cc4ccccc4oc3=O)c3ccccc3n2)cc1. The van der Waals surface area contributed by atoms with Crippen molar-refractivity contribution in [2.24, 2.45) is 0 Å². The fourth-order valence-corrected chi connectivity index (χ4v) is 3.70. The number of aryl methyl sites for hydroxylation is 1. The van der Waals surface area contributed by atoms with Crippen LogP contribution in [0, 0.1) is 6.92 Å². The van der Waals surface area contributed by atoms with Gasteiger partial charge in [-0.2, -0.15) is 0 Å². The minimum Gasteiger partial charge on any atom is -0.422 e. The zero-order valence-electron chi connectivity index (χ0n) is 18.2. The smallest absolute Gasteiger partial charge is 0.349 e. The van der Waals surface area contributed by atoms with Gasteiger partial charge in [0.05, 0.1) is 16.8 Å². The maximum absolute atomic E-state index is 13.1. The van der Waals surface area contributed by atoms with E-state index in [1.54, 1.807) is 36.4 Å². The van der Waals surface area contributed by atoms with Crippen molar-refractivity contribution in [3.63, 3.8) is 0 Å². The number of hydrogen-bond donors (Lipinski definition) is 2. The van der Waals surface area contributed by atoms with Crippen LogP contribution in [0.1, 0.15) is 26.3 Å². The number of pyridine rings is 1. The van der Waals surface area contributed by atoms with Gasteiger partial charge in [-0.05, 0) is 31.2 Å². The van der Waals surface area contributed by atoms with Crippen molar-refractivity contribution >= 4 is 33.7 Å². The van der Waals surface area contributed by atoms with Crippen LogP contribution < -0.4 is 16.5 Å². The van der Waals surface area contributed by atoms with Gasteiger partial charge in [0, 0.05) is 16.3 Å². The number of amides is 2. The highest BCUT2D eigenvalue weighted by Crippen LogP contribution is 2.25. The van der Waals surface area contributed by atoms with Crippen LogP contribution in [-0.2, 0) is 0 Å². The van der Waals surface area contributed by atoms with E-state index in [2.05, 4.69) is 15.8 Å². The summed E-state index contributed by atoms with van der Waals surface area (Å²) in [5, 5.41) is 1.23. The van der Waals surface area contributed by atoms with Crippen molar-refractivity contribution in [1.82, 2.24) is 15.8 Å². The summed E-state index contributed by atoms with van der Waals surface area (Å²) in [7, 11) is 0. The van der Waals surface area contributed by atoms with E-state index in [-0.39, 0.29) is 5.56 Å². The molecule has 5 aromatic rings. The van der Waals surface area contributed by atoms with Gasteiger partial charge >= 0.3 is 5.63 Å². The first kappa shape index (κ1) is 21.1. The van der Waals surface area contributed by atoms with Gasteiger partial charge in [0.1, 0.15) is 11.1 Å². The van der Waals surface area contributed by atoms with Gasteiger partial charge in [-0.1, -0.05) is 66.2 Å². The molecule has 2 N–H and O–H groups in total. The van der Waals surface area contributed by atoms with Gasteiger partial charge in [-0.3, -0.25) is 20.4 Å². The lowest BCUT2D eigenvalue weighted by atomic mass is 10.0. The highest BCUT2D eigenvalue weighted by atomic mass is 16.4. The summed E-state index contributed by atoms with van der Waals surface area (Å²) in [6.45, 7) is 2.00. The zero-order chi connectivity index (χ0) is 23.7. The molecule has 0 fully saturated rings. The summed E-state index contributed by atoms with van der Waals surface area (Å²) in [5.74, 6) is -1.31. The summed E-state index contributed by atoms with van der Waals surface area (Å²) in [5.41, 5.74) is 7.69. The average Bonchev–Trinajstić information content (AvgIpc) is 2.86. The largest absolute Gasteiger partial charge is 0.422 e. The minimum absolute atomic E-state index is 0.209. The number of hydrazine groups is 1. The Balaban J connectivity index is 1.44.